The molecular weight excluding hydrogens is 233 g/mol. The third-order valence-corrected chi connectivity index (χ3v) is 2.87. The number of hydrogen-bond acceptors (Lipinski definition) is 2. The molecule has 0 aliphatic carbocycles. The van der Waals surface area contributed by atoms with E-state index in [2.05, 4.69) is 15.4 Å². The lowest BCUT2D eigenvalue weighted by atomic mass is 10.1. The lowest BCUT2D eigenvalue weighted by Crippen LogP contribution is -1.93. The molecule has 1 aromatic carbocycles. The maximum atomic E-state index is 6.04. The van der Waals surface area contributed by atoms with Gasteiger partial charge in [0.05, 0.1) is 11.9 Å². The molecule has 1 heterocycles. The first-order chi connectivity index (χ1) is 7.27. The van der Waals surface area contributed by atoms with Crippen LogP contribution in [0.15, 0.2) is 24.4 Å². The molecule has 0 spiro atoms. The summed E-state index contributed by atoms with van der Waals surface area (Å²) in [6.45, 7) is 0. The number of aryl methyl sites for hydroxylation is 1. The molecule has 0 fully saturated rings. The van der Waals surface area contributed by atoms with Crippen molar-refractivity contribution < 1.29 is 0 Å². The number of aromatic amines is 1. The number of benzene rings is 1. The van der Waals surface area contributed by atoms with Crippen LogP contribution in [0.2, 0.25) is 10.0 Å². The van der Waals surface area contributed by atoms with E-state index >= 15 is 0 Å². The molecule has 5 heteroatoms. The average Bonchev–Trinajstić information content (AvgIpc) is 2.70. The van der Waals surface area contributed by atoms with E-state index in [1.807, 2.05) is 18.2 Å². The molecule has 0 saturated heterocycles. The minimum absolute atomic E-state index is 0.700. The normalized spacial score (nSPS) is 10.5. The van der Waals surface area contributed by atoms with Crippen LogP contribution in [0.3, 0.4) is 0 Å². The van der Waals surface area contributed by atoms with Gasteiger partial charge in [0, 0.05) is 10.0 Å². The predicted octanol–water partition coefficient (Wildman–Crippen LogP) is 2.90. The quantitative estimate of drug-likeness (QED) is 0.898. The zero-order valence-electron chi connectivity index (χ0n) is 7.87. The highest BCUT2D eigenvalue weighted by Crippen LogP contribution is 2.25. The molecule has 0 amide bonds. The van der Waals surface area contributed by atoms with Crippen molar-refractivity contribution in [3.63, 3.8) is 0 Å². The number of hydrogen-bond donors (Lipinski definition) is 1. The summed E-state index contributed by atoms with van der Waals surface area (Å²) < 4.78 is 0. The first kappa shape index (κ1) is 10.5. The van der Waals surface area contributed by atoms with Gasteiger partial charge in [0.2, 0.25) is 0 Å². The monoisotopic (exact) mass is 241 g/mol. The first-order valence-corrected chi connectivity index (χ1v) is 5.30. The van der Waals surface area contributed by atoms with Crippen LogP contribution in [0.4, 0.5) is 0 Å². The van der Waals surface area contributed by atoms with Crippen molar-refractivity contribution in [3.05, 3.63) is 45.7 Å². The van der Waals surface area contributed by atoms with Gasteiger partial charge in [0.1, 0.15) is 0 Å². The van der Waals surface area contributed by atoms with Crippen LogP contribution in [-0.2, 0) is 12.8 Å². The van der Waals surface area contributed by atoms with Crippen molar-refractivity contribution in [1.29, 1.82) is 0 Å². The fourth-order valence-electron chi connectivity index (χ4n) is 1.37. The molecule has 0 unspecified atom stereocenters. The molecule has 3 nitrogen and oxygen atoms in total. The summed E-state index contributed by atoms with van der Waals surface area (Å²) in [5.41, 5.74) is 1.87. The van der Waals surface area contributed by atoms with Crippen LogP contribution in [0.25, 0.3) is 0 Å². The third-order valence-electron chi connectivity index (χ3n) is 2.16. The summed E-state index contributed by atoms with van der Waals surface area (Å²) in [4.78, 5) is 0. The zero-order chi connectivity index (χ0) is 10.7. The minimum Gasteiger partial charge on any atom is -0.198 e. The summed E-state index contributed by atoms with van der Waals surface area (Å²) in [6.07, 6.45) is 3.25. The van der Waals surface area contributed by atoms with Gasteiger partial charge in [-0.3, -0.25) is 0 Å². The van der Waals surface area contributed by atoms with Gasteiger partial charge in [-0.25, -0.2) is 0 Å². The van der Waals surface area contributed by atoms with Crippen molar-refractivity contribution >= 4 is 23.2 Å². The van der Waals surface area contributed by atoms with E-state index in [0.717, 1.165) is 24.1 Å². The number of nitrogens with zero attached hydrogens (tertiary/aromatic N) is 2. The average molecular weight is 242 g/mol. The van der Waals surface area contributed by atoms with Crippen LogP contribution in [0.5, 0.6) is 0 Å². The molecule has 1 aromatic heterocycles. The standard InChI is InChI=1S/C10H9Cl2N3/c11-9-2-1-3-10(12)8(9)5-4-7-6-13-15-14-7/h1-3,6H,4-5H2,(H,13,14,15). The number of halogens is 2. The summed E-state index contributed by atoms with van der Waals surface area (Å²) in [5.74, 6) is 0. The Balaban J connectivity index is 2.11. The van der Waals surface area contributed by atoms with Gasteiger partial charge in [0.25, 0.3) is 0 Å². The molecule has 0 atom stereocenters. The molecule has 0 aliphatic rings. The maximum absolute atomic E-state index is 6.04. The van der Waals surface area contributed by atoms with Crippen LogP contribution in [0, 0.1) is 0 Å². The summed E-state index contributed by atoms with van der Waals surface area (Å²) >= 11 is 12.1. The van der Waals surface area contributed by atoms with Crippen LogP contribution in [-0.4, -0.2) is 15.4 Å². The zero-order valence-corrected chi connectivity index (χ0v) is 9.39. The highest BCUT2D eigenvalue weighted by Gasteiger charge is 2.06. The highest BCUT2D eigenvalue weighted by atomic mass is 35.5. The molecular formula is C10H9Cl2N3. The van der Waals surface area contributed by atoms with Crippen molar-refractivity contribution in [2.24, 2.45) is 0 Å². The lowest BCUT2D eigenvalue weighted by molar-refractivity contribution is 0.871. The van der Waals surface area contributed by atoms with Gasteiger partial charge in [-0.15, -0.1) is 0 Å². The molecule has 0 saturated carbocycles. The van der Waals surface area contributed by atoms with E-state index < -0.39 is 0 Å². The Morgan fingerprint density at radius 2 is 1.87 bits per heavy atom. The van der Waals surface area contributed by atoms with Gasteiger partial charge in [-0.05, 0) is 30.5 Å². The maximum Gasteiger partial charge on any atom is 0.0828 e. The van der Waals surface area contributed by atoms with Crippen molar-refractivity contribution in [2.75, 3.05) is 0 Å². The molecule has 78 valence electrons. The summed E-state index contributed by atoms with van der Waals surface area (Å²) in [7, 11) is 0. The molecule has 2 rings (SSSR count). The Hall–Kier alpha value is -1.06. The van der Waals surface area contributed by atoms with Crippen molar-refractivity contribution in [1.82, 2.24) is 15.4 Å². The molecule has 15 heavy (non-hydrogen) atoms. The topological polar surface area (TPSA) is 41.6 Å². The van der Waals surface area contributed by atoms with Gasteiger partial charge < -0.3 is 0 Å². The predicted molar refractivity (Wildman–Crippen MR) is 60.3 cm³/mol. The Morgan fingerprint density at radius 3 is 2.47 bits per heavy atom. The van der Waals surface area contributed by atoms with Gasteiger partial charge in [-0.2, -0.15) is 15.4 Å². The van der Waals surface area contributed by atoms with E-state index in [-0.39, 0.29) is 0 Å². The van der Waals surface area contributed by atoms with Crippen molar-refractivity contribution in [3.8, 4) is 0 Å². The molecule has 0 bridgehead atoms. The molecule has 0 radical (unpaired) electrons. The minimum atomic E-state index is 0.700. The van der Waals surface area contributed by atoms with Crippen LogP contribution in [0.1, 0.15) is 11.3 Å². The highest BCUT2D eigenvalue weighted by molar-refractivity contribution is 6.35. The second-order valence-electron chi connectivity index (χ2n) is 3.16. The smallest absolute Gasteiger partial charge is 0.0828 e. The third kappa shape index (κ3) is 2.49. The van der Waals surface area contributed by atoms with Crippen LogP contribution < -0.4 is 0 Å². The van der Waals surface area contributed by atoms with E-state index in [0.29, 0.717) is 10.0 Å². The van der Waals surface area contributed by atoms with E-state index in [1.54, 1.807) is 6.20 Å². The van der Waals surface area contributed by atoms with Crippen LogP contribution >= 0.6 is 23.2 Å². The van der Waals surface area contributed by atoms with Gasteiger partial charge in [0.15, 0.2) is 0 Å². The number of H-pyrrole nitrogens is 1. The Bertz CT molecular complexity index is 420. The number of aromatic nitrogens is 3. The molecule has 0 aliphatic heterocycles. The van der Waals surface area contributed by atoms with Gasteiger partial charge >= 0.3 is 0 Å². The Labute approximate surface area is 97.4 Å². The first-order valence-electron chi connectivity index (χ1n) is 4.55. The number of rotatable bonds is 3. The van der Waals surface area contributed by atoms with E-state index in [1.165, 1.54) is 0 Å². The molecule has 1 N–H and O–H groups in total. The summed E-state index contributed by atoms with van der Waals surface area (Å²) in [5, 5.41) is 11.7. The van der Waals surface area contributed by atoms with E-state index in [9.17, 15) is 0 Å². The summed E-state index contributed by atoms with van der Waals surface area (Å²) in [6, 6.07) is 5.52. The van der Waals surface area contributed by atoms with Crippen molar-refractivity contribution in [2.45, 2.75) is 12.8 Å². The van der Waals surface area contributed by atoms with Gasteiger partial charge in [-0.1, -0.05) is 29.3 Å². The SMILES string of the molecule is Clc1cccc(Cl)c1CCc1cn[nH]n1. The second kappa shape index (κ2) is 4.64. The lowest BCUT2D eigenvalue weighted by Gasteiger charge is -2.04. The fourth-order valence-corrected chi connectivity index (χ4v) is 1.96. The largest absolute Gasteiger partial charge is 0.198 e. The second-order valence-corrected chi connectivity index (χ2v) is 3.98. The molecule has 2 aromatic rings. The van der Waals surface area contributed by atoms with E-state index in [4.69, 9.17) is 23.2 Å². The Morgan fingerprint density at radius 1 is 1.13 bits per heavy atom. The Kier molecular flexibility index (Phi) is 3.23. The fraction of sp³-hybridized carbons (Fsp3) is 0.200. The number of nitrogens with one attached hydrogen (secondary N) is 1.